The van der Waals surface area contributed by atoms with E-state index < -0.39 is 34.0 Å². The molecule has 9 heteroatoms. The molecule has 0 saturated carbocycles. The van der Waals surface area contributed by atoms with Crippen LogP contribution in [0.3, 0.4) is 0 Å². The molecule has 7 nitrogen and oxygen atoms in total. The third-order valence-corrected chi connectivity index (χ3v) is 7.80. The Morgan fingerprint density at radius 2 is 1.69 bits per heavy atom. The minimum atomic E-state index is -1.54. The average molecular weight is 573 g/mol. The van der Waals surface area contributed by atoms with E-state index in [0.29, 0.717) is 32.8 Å². The quantitative estimate of drug-likeness (QED) is 0.198. The van der Waals surface area contributed by atoms with Crippen molar-refractivity contribution in [3.63, 3.8) is 0 Å². The van der Waals surface area contributed by atoms with Gasteiger partial charge in [0, 0.05) is 58.8 Å². The number of nitrogens with one attached hydrogen (secondary N) is 1. The topological polar surface area (TPSA) is 104 Å². The van der Waals surface area contributed by atoms with E-state index in [1.54, 1.807) is 49.6 Å². The van der Waals surface area contributed by atoms with Crippen molar-refractivity contribution in [1.29, 1.82) is 0 Å². The van der Waals surface area contributed by atoms with Gasteiger partial charge in [0.1, 0.15) is 4.75 Å². The summed E-state index contributed by atoms with van der Waals surface area (Å²) in [6.45, 7) is 11.0. The number of hydrogen-bond donors (Lipinski definition) is 2. The average Bonchev–Trinajstić information content (AvgIpc) is 2.83. The predicted molar refractivity (Wildman–Crippen MR) is 157 cm³/mol. The third kappa shape index (κ3) is 8.27. The summed E-state index contributed by atoms with van der Waals surface area (Å²) in [6.07, 6.45) is 0.478. The molecule has 0 aliphatic carbocycles. The summed E-state index contributed by atoms with van der Waals surface area (Å²) in [4.78, 5) is 26.5. The van der Waals surface area contributed by atoms with Crippen molar-refractivity contribution in [2.24, 2.45) is 7.05 Å². The molecule has 2 N–H and O–H groups in total. The van der Waals surface area contributed by atoms with Crippen LogP contribution in [0.2, 0.25) is 5.02 Å². The second kappa shape index (κ2) is 12.4. The van der Waals surface area contributed by atoms with E-state index in [4.69, 9.17) is 16.3 Å². The van der Waals surface area contributed by atoms with Gasteiger partial charge in [0.05, 0.1) is 11.6 Å². The number of nitrogens with zero attached hydrogens (tertiary/aromatic N) is 1. The Morgan fingerprint density at radius 1 is 1.08 bits per heavy atom. The number of halogens is 1. The highest BCUT2D eigenvalue weighted by molar-refractivity contribution is 7.90. The van der Waals surface area contributed by atoms with Gasteiger partial charge >= 0.3 is 0 Å². The molecule has 1 heterocycles. The van der Waals surface area contributed by atoms with E-state index >= 15 is 0 Å². The third-order valence-electron chi connectivity index (χ3n) is 5.94. The SMILES string of the molecule is Cn1cc(-c2ccccc2C(=O)c2ccc(Cl)cc2)c([C@H](CC(O)OC(C)(C)C)N[S+]([O-])C(C)(C)C)cc1=O. The number of aliphatic hydroxyl groups excluding tert-OH is 1. The summed E-state index contributed by atoms with van der Waals surface area (Å²) in [5.74, 6) is -0.207. The van der Waals surface area contributed by atoms with E-state index in [0.717, 1.165) is 0 Å². The molecule has 3 rings (SSSR count). The zero-order valence-corrected chi connectivity index (χ0v) is 25.0. The van der Waals surface area contributed by atoms with Gasteiger partial charge in [0.2, 0.25) is 0 Å². The standard InChI is InChI=1S/C30H37ClN2O5S/c1-29(2,3)38-27(35)17-25(32-39(37)30(4,5)6)23-16-26(34)33(7)18-24(23)21-10-8-9-11-22(21)28(36)19-12-14-20(31)15-13-19/h8-16,18,25,27,32,35H,17H2,1-7H3/t25-,27?,39?/m0/s1. The van der Waals surface area contributed by atoms with Gasteiger partial charge in [-0.2, -0.15) is 0 Å². The Balaban J connectivity index is 2.19. The Morgan fingerprint density at radius 3 is 2.28 bits per heavy atom. The number of ether oxygens (including phenoxy) is 1. The number of aryl methyl sites for hydroxylation is 1. The molecule has 3 aromatic rings. The van der Waals surface area contributed by atoms with Crippen molar-refractivity contribution in [2.45, 2.75) is 70.6 Å². The van der Waals surface area contributed by atoms with Crippen molar-refractivity contribution in [2.75, 3.05) is 0 Å². The van der Waals surface area contributed by atoms with E-state index in [2.05, 4.69) is 4.72 Å². The van der Waals surface area contributed by atoms with Gasteiger partial charge in [-0.05, 0) is 76.9 Å². The summed E-state index contributed by atoms with van der Waals surface area (Å²) in [5.41, 5.74) is 1.69. The van der Waals surface area contributed by atoms with Crippen LogP contribution < -0.4 is 10.3 Å². The fourth-order valence-electron chi connectivity index (χ4n) is 4.03. The maximum absolute atomic E-state index is 13.6. The lowest BCUT2D eigenvalue weighted by Gasteiger charge is -2.31. The first-order valence-electron chi connectivity index (χ1n) is 12.7. The number of benzene rings is 2. The number of hydrogen-bond acceptors (Lipinski definition) is 6. The van der Waals surface area contributed by atoms with Crippen molar-refractivity contribution >= 4 is 28.7 Å². The van der Waals surface area contributed by atoms with Gasteiger partial charge in [-0.25, -0.2) is 0 Å². The molecule has 3 atom stereocenters. The maximum Gasteiger partial charge on any atom is 0.250 e. The Kier molecular flexibility index (Phi) is 9.86. The molecule has 0 saturated heterocycles. The Bertz CT molecular complexity index is 1360. The van der Waals surface area contributed by atoms with E-state index in [9.17, 15) is 19.2 Å². The zero-order valence-electron chi connectivity index (χ0n) is 23.4. The van der Waals surface area contributed by atoms with E-state index in [1.165, 1.54) is 10.6 Å². The van der Waals surface area contributed by atoms with Crippen LogP contribution in [0, 0.1) is 0 Å². The van der Waals surface area contributed by atoms with E-state index in [-0.39, 0.29) is 17.8 Å². The van der Waals surface area contributed by atoms with Gasteiger partial charge in [0.25, 0.3) is 5.56 Å². The van der Waals surface area contributed by atoms with Crippen LogP contribution in [-0.2, 0) is 23.1 Å². The molecular formula is C30H37ClN2O5S. The molecule has 0 aliphatic heterocycles. The summed E-state index contributed by atoms with van der Waals surface area (Å²) >= 11 is 4.49. The Labute approximate surface area is 238 Å². The summed E-state index contributed by atoms with van der Waals surface area (Å²) in [5, 5.41) is 11.3. The number of carbonyl (C=O) groups excluding carboxylic acids is 1. The van der Waals surface area contributed by atoms with Crippen LogP contribution in [0.4, 0.5) is 0 Å². The lowest BCUT2D eigenvalue weighted by molar-refractivity contribution is -0.170. The van der Waals surface area contributed by atoms with Gasteiger partial charge in [-0.1, -0.05) is 35.9 Å². The number of carbonyl (C=O) groups is 1. The van der Waals surface area contributed by atoms with Crippen LogP contribution in [0.15, 0.2) is 65.6 Å². The number of pyridine rings is 1. The number of aromatic nitrogens is 1. The van der Waals surface area contributed by atoms with Crippen LogP contribution in [-0.4, -0.2) is 36.6 Å². The normalized spacial score (nSPS) is 14.6. The summed E-state index contributed by atoms with van der Waals surface area (Å²) < 4.78 is 22.9. The largest absolute Gasteiger partial charge is 0.598 e. The number of aliphatic hydroxyl groups is 1. The lowest BCUT2D eigenvalue weighted by atomic mass is 9.89. The first-order chi connectivity index (χ1) is 18.1. The minimum absolute atomic E-state index is 0.0204. The molecule has 0 amide bonds. The summed E-state index contributed by atoms with van der Waals surface area (Å²) in [7, 11) is 1.63. The van der Waals surface area contributed by atoms with Crippen LogP contribution in [0.25, 0.3) is 11.1 Å². The highest BCUT2D eigenvalue weighted by Gasteiger charge is 2.33. The molecule has 0 fully saturated rings. The zero-order chi connectivity index (χ0) is 29.1. The van der Waals surface area contributed by atoms with Gasteiger partial charge in [-0.15, -0.1) is 4.72 Å². The van der Waals surface area contributed by atoms with Crippen molar-refractivity contribution in [3.8, 4) is 11.1 Å². The fourth-order valence-corrected chi connectivity index (χ4v) is 4.99. The molecule has 0 bridgehead atoms. The summed E-state index contributed by atoms with van der Waals surface area (Å²) in [6, 6.07) is 14.5. The molecule has 210 valence electrons. The van der Waals surface area contributed by atoms with Crippen molar-refractivity contribution in [1.82, 2.24) is 9.29 Å². The Hall–Kier alpha value is -2.46. The second-order valence-electron chi connectivity index (χ2n) is 11.4. The highest BCUT2D eigenvalue weighted by atomic mass is 35.5. The molecule has 2 aromatic carbocycles. The molecular weight excluding hydrogens is 536 g/mol. The number of rotatable bonds is 9. The predicted octanol–water partition coefficient (Wildman–Crippen LogP) is 5.55. The molecule has 1 aromatic heterocycles. The van der Waals surface area contributed by atoms with Crippen molar-refractivity contribution in [3.05, 3.63) is 92.9 Å². The van der Waals surface area contributed by atoms with Gasteiger partial charge < -0.3 is 19.0 Å². The van der Waals surface area contributed by atoms with Gasteiger partial charge in [-0.3, -0.25) is 9.59 Å². The minimum Gasteiger partial charge on any atom is -0.598 e. The van der Waals surface area contributed by atoms with Gasteiger partial charge in [0.15, 0.2) is 12.1 Å². The molecule has 0 aliphatic rings. The lowest BCUT2D eigenvalue weighted by Crippen LogP contribution is -2.43. The van der Waals surface area contributed by atoms with Crippen molar-refractivity contribution < 1.29 is 19.2 Å². The molecule has 2 unspecified atom stereocenters. The van der Waals surface area contributed by atoms with Crippen LogP contribution >= 0.6 is 11.6 Å². The van der Waals surface area contributed by atoms with E-state index in [1.807, 2.05) is 53.7 Å². The first kappa shape index (κ1) is 31.1. The fraction of sp³-hybridized carbons (Fsp3) is 0.400. The highest BCUT2D eigenvalue weighted by Crippen LogP contribution is 2.34. The second-order valence-corrected chi connectivity index (χ2v) is 13.9. The number of ketones is 1. The van der Waals surface area contributed by atoms with Crippen LogP contribution in [0.5, 0.6) is 0 Å². The maximum atomic E-state index is 13.6. The smallest absolute Gasteiger partial charge is 0.250 e. The molecule has 0 spiro atoms. The monoisotopic (exact) mass is 572 g/mol. The van der Waals surface area contributed by atoms with Crippen LogP contribution in [0.1, 0.15) is 75.5 Å². The first-order valence-corrected chi connectivity index (χ1v) is 14.2. The molecule has 39 heavy (non-hydrogen) atoms. The molecule has 0 radical (unpaired) electrons.